The number of benzene rings is 2. The Morgan fingerprint density at radius 1 is 1.00 bits per heavy atom. The smallest absolute Gasteiger partial charge is 0.282 e. The molecule has 0 radical (unpaired) electrons. The van der Waals surface area contributed by atoms with Crippen LogP contribution in [0.3, 0.4) is 0 Å². The number of carbonyl (C=O) groups is 2. The molecule has 2 amide bonds. The third kappa shape index (κ3) is 4.62. The molecule has 6 nitrogen and oxygen atoms in total. The molecule has 0 unspecified atom stereocenters. The maximum atomic E-state index is 12.6. The average Bonchev–Trinajstić information content (AvgIpc) is 3.21. The SMILES string of the molecule is C[C@@H]([NH2+][C@H](c1ccccc1)c1ccco1)C(=O)Nc1ccc(C(N)=O)cc1. The molecule has 138 valence electrons. The number of quaternary nitrogens is 1. The van der Waals surface area contributed by atoms with Crippen molar-refractivity contribution in [1.82, 2.24) is 0 Å². The monoisotopic (exact) mass is 364 g/mol. The van der Waals surface area contributed by atoms with Crippen LogP contribution in [0.5, 0.6) is 0 Å². The number of amides is 2. The predicted molar refractivity (Wildman–Crippen MR) is 102 cm³/mol. The summed E-state index contributed by atoms with van der Waals surface area (Å²) in [6, 6.07) is 19.6. The molecule has 0 fully saturated rings. The number of hydrogen-bond acceptors (Lipinski definition) is 3. The summed E-state index contributed by atoms with van der Waals surface area (Å²) in [6.45, 7) is 1.84. The maximum Gasteiger partial charge on any atom is 0.282 e. The number of primary amides is 1. The van der Waals surface area contributed by atoms with Crippen molar-refractivity contribution in [1.29, 1.82) is 0 Å². The summed E-state index contributed by atoms with van der Waals surface area (Å²) in [5.41, 5.74) is 7.29. The van der Waals surface area contributed by atoms with Gasteiger partial charge in [0.25, 0.3) is 5.91 Å². The second-order valence-electron chi connectivity index (χ2n) is 6.32. The summed E-state index contributed by atoms with van der Waals surface area (Å²) < 4.78 is 5.58. The van der Waals surface area contributed by atoms with E-state index in [1.165, 1.54) is 0 Å². The van der Waals surface area contributed by atoms with E-state index in [9.17, 15) is 9.59 Å². The average molecular weight is 364 g/mol. The Bertz CT molecular complexity index is 890. The summed E-state index contributed by atoms with van der Waals surface area (Å²) >= 11 is 0. The van der Waals surface area contributed by atoms with E-state index in [1.54, 1.807) is 30.5 Å². The molecular formula is C21H22N3O3+. The zero-order valence-electron chi connectivity index (χ0n) is 15.0. The van der Waals surface area contributed by atoms with Gasteiger partial charge in [-0.05, 0) is 43.3 Å². The lowest BCUT2D eigenvalue weighted by Gasteiger charge is -2.18. The van der Waals surface area contributed by atoms with Crippen molar-refractivity contribution in [2.24, 2.45) is 5.73 Å². The number of furan rings is 1. The molecule has 3 aromatic rings. The Kier molecular flexibility index (Phi) is 5.68. The Morgan fingerprint density at radius 3 is 2.30 bits per heavy atom. The molecule has 0 saturated carbocycles. The molecule has 2 atom stereocenters. The lowest BCUT2D eigenvalue weighted by molar-refractivity contribution is -0.706. The van der Waals surface area contributed by atoms with E-state index in [2.05, 4.69) is 5.32 Å². The fourth-order valence-corrected chi connectivity index (χ4v) is 2.85. The van der Waals surface area contributed by atoms with Crippen molar-refractivity contribution in [3.05, 3.63) is 89.9 Å². The van der Waals surface area contributed by atoms with Gasteiger partial charge in [-0.2, -0.15) is 0 Å². The second-order valence-corrected chi connectivity index (χ2v) is 6.32. The van der Waals surface area contributed by atoms with E-state index in [0.717, 1.165) is 11.3 Å². The van der Waals surface area contributed by atoms with Crippen LogP contribution in [-0.4, -0.2) is 17.9 Å². The van der Waals surface area contributed by atoms with Gasteiger partial charge in [-0.15, -0.1) is 0 Å². The van der Waals surface area contributed by atoms with Crippen molar-refractivity contribution in [2.75, 3.05) is 5.32 Å². The molecule has 1 aromatic heterocycles. The van der Waals surface area contributed by atoms with E-state index in [-0.39, 0.29) is 18.0 Å². The number of hydrogen-bond donors (Lipinski definition) is 3. The van der Waals surface area contributed by atoms with Crippen LogP contribution in [0.2, 0.25) is 0 Å². The van der Waals surface area contributed by atoms with Crippen molar-refractivity contribution in [3.63, 3.8) is 0 Å². The van der Waals surface area contributed by atoms with Gasteiger partial charge in [0, 0.05) is 16.8 Å². The molecule has 2 aromatic carbocycles. The van der Waals surface area contributed by atoms with Gasteiger partial charge in [-0.1, -0.05) is 30.3 Å². The minimum atomic E-state index is -0.501. The van der Waals surface area contributed by atoms with Gasteiger partial charge in [0.2, 0.25) is 5.91 Å². The van der Waals surface area contributed by atoms with Gasteiger partial charge in [0.15, 0.2) is 17.8 Å². The van der Waals surface area contributed by atoms with E-state index >= 15 is 0 Å². The first-order valence-corrected chi connectivity index (χ1v) is 8.68. The number of nitrogens with two attached hydrogens (primary N) is 2. The lowest BCUT2D eigenvalue weighted by atomic mass is 10.0. The van der Waals surface area contributed by atoms with Gasteiger partial charge in [-0.25, -0.2) is 0 Å². The largest absolute Gasteiger partial charge is 0.463 e. The standard InChI is InChI=1S/C21H21N3O3/c1-14(21(26)24-17-11-9-16(10-12-17)20(22)25)23-19(18-8-5-13-27-18)15-6-3-2-4-7-15/h2-14,19,23H,1H3,(H2,22,25)(H,24,26)/p+1/t14-,19-/m1/s1. The van der Waals surface area contributed by atoms with Gasteiger partial charge in [-0.3, -0.25) is 9.59 Å². The van der Waals surface area contributed by atoms with Gasteiger partial charge >= 0.3 is 0 Å². The third-order valence-corrected chi connectivity index (χ3v) is 4.34. The topological polar surface area (TPSA) is 102 Å². The molecule has 3 rings (SSSR count). The van der Waals surface area contributed by atoms with E-state index in [1.807, 2.05) is 54.7 Å². The third-order valence-electron chi connectivity index (χ3n) is 4.34. The van der Waals surface area contributed by atoms with Crippen molar-refractivity contribution in [3.8, 4) is 0 Å². The minimum Gasteiger partial charge on any atom is -0.463 e. The maximum absolute atomic E-state index is 12.6. The van der Waals surface area contributed by atoms with Crippen LogP contribution in [0.4, 0.5) is 5.69 Å². The van der Waals surface area contributed by atoms with Crippen LogP contribution < -0.4 is 16.4 Å². The molecule has 5 N–H and O–H groups in total. The first kappa shape index (κ1) is 18.4. The van der Waals surface area contributed by atoms with Crippen LogP contribution in [-0.2, 0) is 4.79 Å². The molecule has 27 heavy (non-hydrogen) atoms. The van der Waals surface area contributed by atoms with E-state index < -0.39 is 5.91 Å². The number of rotatable bonds is 7. The van der Waals surface area contributed by atoms with Crippen LogP contribution in [0.25, 0.3) is 0 Å². The van der Waals surface area contributed by atoms with Crippen LogP contribution in [0.1, 0.15) is 34.6 Å². The molecule has 6 heteroatoms. The highest BCUT2D eigenvalue weighted by molar-refractivity contribution is 5.95. The van der Waals surface area contributed by atoms with E-state index in [0.29, 0.717) is 11.3 Å². The summed E-state index contributed by atoms with van der Waals surface area (Å²) in [7, 11) is 0. The second kappa shape index (κ2) is 8.33. The Balaban J connectivity index is 1.70. The predicted octanol–water partition coefficient (Wildman–Crippen LogP) is 2.06. The summed E-state index contributed by atoms with van der Waals surface area (Å²) in [6.07, 6.45) is 1.63. The minimum absolute atomic E-state index is 0.126. The molecule has 0 spiro atoms. The fraction of sp³-hybridized carbons (Fsp3) is 0.143. The Labute approximate surface area is 157 Å². The number of nitrogens with one attached hydrogen (secondary N) is 1. The molecule has 0 saturated heterocycles. The van der Waals surface area contributed by atoms with Crippen molar-refractivity contribution >= 4 is 17.5 Å². The van der Waals surface area contributed by atoms with Gasteiger partial charge < -0.3 is 20.8 Å². The van der Waals surface area contributed by atoms with Gasteiger partial charge in [0.05, 0.1) is 6.26 Å². The molecule has 0 aliphatic heterocycles. The summed E-state index contributed by atoms with van der Waals surface area (Å²) in [5, 5.41) is 4.82. The molecule has 1 heterocycles. The quantitative estimate of drug-likeness (QED) is 0.598. The highest BCUT2D eigenvalue weighted by Crippen LogP contribution is 2.18. The zero-order chi connectivity index (χ0) is 19.2. The zero-order valence-corrected chi connectivity index (χ0v) is 15.0. The van der Waals surface area contributed by atoms with Crippen LogP contribution in [0.15, 0.2) is 77.4 Å². The molecule has 0 bridgehead atoms. The van der Waals surface area contributed by atoms with Gasteiger partial charge in [0.1, 0.15) is 0 Å². The Hall–Kier alpha value is -3.38. The number of carbonyl (C=O) groups excluding carboxylic acids is 2. The highest BCUT2D eigenvalue weighted by atomic mass is 16.3. The number of anilines is 1. The first-order valence-electron chi connectivity index (χ1n) is 8.68. The van der Waals surface area contributed by atoms with Crippen molar-refractivity contribution in [2.45, 2.75) is 19.0 Å². The normalized spacial score (nSPS) is 12.9. The lowest BCUT2D eigenvalue weighted by Crippen LogP contribution is -2.92. The van der Waals surface area contributed by atoms with Crippen molar-refractivity contribution < 1.29 is 19.3 Å². The van der Waals surface area contributed by atoms with Crippen LogP contribution in [0, 0.1) is 0 Å². The van der Waals surface area contributed by atoms with E-state index in [4.69, 9.17) is 10.2 Å². The molecular weight excluding hydrogens is 342 g/mol. The summed E-state index contributed by atoms with van der Waals surface area (Å²) in [4.78, 5) is 23.7. The fourth-order valence-electron chi connectivity index (χ4n) is 2.85. The summed E-state index contributed by atoms with van der Waals surface area (Å²) in [5.74, 6) is 0.139. The molecule has 0 aliphatic rings. The Morgan fingerprint density at radius 2 is 1.70 bits per heavy atom. The molecule has 0 aliphatic carbocycles. The van der Waals surface area contributed by atoms with Crippen LogP contribution >= 0.6 is 0 Å². The first-order chi connectivity index (χ1) is 13.0. The highest BCUT2D eigenvalue weighted by Gasteiger charge is 2.26.